The van der Waals surface area contributed by atoms with Crippen molar-refractivity contribution >= 4 is 5.91 Å². The number of halogens is 3. The fourth-order valence-electron chi connectivity index (χ4n) is 4.20. The van der Waals surface area contributed by atoms with Gasteiger partial charge in [0.05, 0.1) is 5.92 Å². The van der Waals surface area contributed by atoms with Crippen molar-refractivity contribution in [2.24, 2.45) is 23.7 Å². The molecule has 2 saturated heterocycles. The zero-order valence-corrected chi connectivity index (χ0v) is 12.2. The number of likely N-dealkylation sites (tertiary alicyclic amines) is 1. The van der Waals surface area contributed by atoms with Gasteiger partial charge in [0.25, 0.3) is 0 Å². The summed E-state index contributed by atoms with van der Waals surface area (Å²) in [6, 6.07) is 0. The third-order valence-electron chi connectivity index (χ3n) is 5.50. The zero-order chi connectivity index (χ0) is 15.0. The van der Waals surface area contributed by atoms with Gasteiger partial charge in [-0.25, -0.2) is 0 Å². The van der Waals surface area contributed by atoms with Gasteiger partial charge in [0.2, 0.25) is 5.91 Å². The molecule has 0 aromatic carbocycles. The van der Waals surface area contributed by atoms with E-state index >= 15 is 0 Å². The van der Waals surface area contributed by atoms with Crippen LogP contribution in [0.25, 0.3) is 0 Å². The van der Waals surface area contributed by atoms with Crippen LogP contribution in [0.5, 0.6) is 0 Å². The third kappa shape index (κ3) is 3.20. The first-order chi connectivity index (χ1) is 9.95. The van der Waals surface area contributed by atoms with Crippen LogP contribution in [-0.2, 0) is 4.79 Å². The normalized spacial score (nSPS) is 37.4. The van der Waals surface area contributed by atoms with Gasteiger partial charge in [-0.05, 0) is 50.6 Å². The van der Waals surface area contributed by atoms with E-state index in [1.54, 1.807) is 0 Å². The van der Waals surface area contributed by atoms with Gasteiger partial charge in [0, 0.05) is 19.0 Å². The van der Waals surface area contributed by atoms with E-state index < -0.39 is 18.0 Å². The fourth-order valence-corrected chi connectivity index (χ4v) is 4.20. The van der Waals surface area contributed by atoms with Gasteiger partial charge in [0.1, 0.15) is 0 Å². The highest BCUT2D eigenvalue weighted by atomic mass is 19.4. The summed E-state index contributed by atoms with van der Waals surface area (Å²) in [4.78, 5) is 14.4. The van der Waals surface area contributed by atoms with Crippen LogP contribution in [-0.4, -0.2) is 43.2 Å². The average molecular weight is 304 g/mol. The number of alkyl halides is 3. The second-order valence-corrected chi connectivity index (χ2v) is 6.85. The second-order valence-electron chi connectivity index (χ2n) is 6.85. The smallest absolute Gasteiger partial charge is 0.342 e. The predicted octanol–water partition coefficient (Wildman–Crippen LogP) is 2.42. The molecular formula is C15H23F3N2O. The summed E-state index contributed by atoms with van der Waals surface area (Å²) in [6.45, 7) is 3.40. The number of nitrogens with zero attached hydrogens (tertiary/aromatic N) is 1. The number of hydrogen-bond donors (Lipinski definition) is 1. The number of rotatable bonds is 1. The number of nitrogens with one attached hydrogen (secondary N) is 1. The SMILES string of the molecule is O=C(C1CCCC(C(F)(F)F)C1)N1CCC2CNCC2C1. The Bertz CT molecular complexity index is 399. The quantitative estimate of drug-likeness (QED) is 0.807. The molecule has 3 aliphatic rings. The predicted molar refractivity (Wildman–Crippen MR) is 72.5 cm³/mol. The first kappa shape index (κ1) is 15.1. The molecule has 0 aromatic rings. The molecule has 3 rings (SSSR count). The lowest BCUT2D eigenvalue weighted by molar-refractivity contribution is -0.187. The molecule has 6 heteroatoms. The maximum atomic E-state index is 12.9. The van der Waals surface area contributed by atoms with Crippen LogP contribution in [0.15, 0.2) is 0 Å². The Labute approximate surface area is 123 Å². The minimum Gasteiger partial charge on any atom is -0.342 e. The Hall–Kier alpha value is -0.780. The van der Waals surface area contributed by atoms with Gasteiger partial charge in [-0.3, -0.25) is 4.79 Å². The first-order valence-corrected chi connectivity index (χ1v) is 8.01. The van der Waals surface area contributed by atoms with Crippen LogP contribution < -0.4 is 5.32 Å². The van der Waals surface area contributed by atoms with E-state index in [1.165, 1.54) is 0 Å². The molecule has 0 radical (unpaired) electrons. The van der Waals surface area contributed by atoms with Crippen molar-refractivity contribution in [3.63, 3.8) is 0 Å². The van der Waals surface area contributed by atoms with E-state index in [-0.39, 0.29) is 18.7 Å². The van der Waals surface area contributed by atoms with E-state index in [4.69, 9.17) is 0 Å². The molecule has 0 spiro atoms. The number of piperidine rings is 1. The van der Waals surface area contributed by atoms with Crippen molar-refractivity contribution in [2.45, 2.75) is 38.3 Å². The summed E-state index contributed by atoms with van der Waals surface area (Å²) in [5, 5.41) is 3.34. The highest BCUT2D eigenvalue weighted by Crippen LogP contribution is 2.41. The van der Waals surface area contributed by atoms with Crippen molar-refractivity contribution in [3.8, 4) is 0 Å². The van der Waals surface area contributed by atoms with Crippen LogP contribution in [0.2, 0.25) is 0 Å². The minimum atomic E-state index is -4.15. The maximum Gasteiger partial charge on any atom is 0.391 e. The third-order valence-corrected chi connectivity index (χ3v) is 5.50. The average Bonchev–Trinajstić information content (AvgIpc) is 2.93. The Balaban J connectivity index is 1.59. The molecule has 1 amide bonds. The minimum absolute atomic E-state index is 0.00875. The van der Waals surface area contributed by atoms with Crippen molar-refractivity contribution in [1.29, 1.82) is 0 Å². The van der Waals surface area contributed by atoms with E-state index in [0.29, 0.717) is 24.7 Å². The zero-order valence-electron chi connectivity index (χ0n) is 12.2. The van der Waals surface area contributed by atoms with Crippen LogP contribution in [0.3, 0.4) is 0 Å². The molecule has 0 bridgehead atoms. The van der Waals surface area contributed by atoms with Crippen LogP contribution in [0.4, 0.5) is 13.2 Å². The highest BCUT2D eigenvalue weighted by Gasteiger charge is 2.45. The Morgan fingerprint density at radius 3 is 2.62 bits per heavy atom. The molecule has 4 atom stereocenters. The van der Waals surface area contributed by atoms with E-state index in [9.17, 15) is 18.0 Å². The van der Waals surface area contributed by atoms with Crippen LogP contribution >= 0.6 is 0 Å². The molecule has 1 N–H and O–H groups in total. The van der Waals surface area contributed by atoms with Crippen molar-refractivity contribution in [3.05, 3.63) is 0 Å². The van der Waals surface area contributed by atoms with Crippen LogP contribution in [0.1, 0.15) is 32.1 Å². The number of hydrogen-bond acceptors (Lipinski definition) is 2. The van der Waals surface area contributed by atoms with Gasteiger partial charge in [-0.1, -0.05) is 6.42 Å². The Morgan fingerprint density at radius 1 is 1.10 bits per heavy atom. The summed E-state index contributed by atoms with van der Waals surface area (Å²) in [5.41, 5.74) is 0. The number of amides is 1. The second kappa shape index (κ2) is 5.78. The van der Waals surface area contributed by atoms with Gasteiger partial charge < -0.3 is 10.2 Å². The van der Waals surface area contributed by atoms with Crippen molar-refractivity contribution in [1.82, 2.24) is 10.2 Å². The number of carbonyl (C=O) groups excluding carboxylic acids is 1. The summed E-state index contributed by atoms with van der Waals surface area (Å²) < 4.78 is 38.6. The molecule has 4 unspecified atom stereocenters. The molecular weight excluding hydrogens is 281 g/mol. The molecule has 3 fully saturated rings. The first-order valence-electron chi connectivity index (χ1n) is 8.01. The number of carbonyl (C=O) groups is 1. The molecule has 120 valence electrons. The van der Waals surface area contributed by atoms with Crippen molar-refractivity contribution < 1.29 is 18.0 Å². The molecule has 0 aromatic heterocycles. The monoisotopic (exact) mass is 304 g/mol. The molecule has 1 aliphatic carbocycles. The molecule has 2 aliphatic heterocycles. The van der Waals surface area contributed by atoms with Crippen molar-refractivity contribution in [2.75, 3.05) is 26.2 Å². The van der Waals surface area contributed by atoms with E-state index in [2.05, 4.69) is 5.32 Å². The molecule has 2 heterocycles. The maximum absolute atomic E-state index is 12.9. The fraction of sp³-hybridized carbons (Fsp3) is 0.933. The lowest BCUT2D eigenvalue weighted by Crippen LogP contribution is -2.47. The molecule has 3 nitrogen and oxygen atoms in total. The topological polar surface area (TPSA) is 32.3 Å². The lowest BCUT2D eigenvalue weighted by Gasteiger charge is -2.38. The van der Waals surface area contributed by atoms with Gasteiger partial charge in [-0.2, -0.15) is 13.2 Å². The van der Waals surface area contributed by atoms with E-state index in [0.717, 1.165) is 32.6 Å². The summed E-state index contributed by atoms with van der Waals surface area (Å²) in [5.74, 6) is -0.607. The summed E-state index contributed by atoms with van der Waals surface area (Å²) in [7, 11) is 0. The Kier molecular flexibility index (Phi) is 4.17. The van der Waals surface area contributed by atoms with Gasteiger partial charge in [0.15, 0.2) is 0 Å². The standard InChI is InChI=1S/C15H23F3N2O/c16-15(17,18)13-3-1-2-10(6-13)14(21)20-5-4-11-7-19-8-12(11)9-20/h10-13,19H,1-9H2. The molecule has 1 saturated carbocycles. The highest BCUT2D eigenvalue weighted by molar-refractivity contribution is 5.79. The lowest BCUT2D eigenvalue weighted by atomic mass is 9.79. The number of fused-ring (bicyclic) bond motifs is 1. The summed E-state index contributed by atoms with van der Waals surface area (Å²) >= 11 is 0. The molecule has 21 heavy (non-hydrogen) atoms. The van der Waals surface area contributed by atoms with E-state index in [1.807, 2.05) is 4.90 Å². The van der Waals surface area contributed by atoms with Gasteiger partial charge >= 0.3 is 6.18 Å². The summed E-state index contributed by atoms with van der Waals surface area (Å²) in [6.07, 6.45) is -1.86. The van der Waals surface area contributed by atoms with Gasteiger partial charge in [-0.15, -0.1) is 0 Å². The van der Waals surface area contributed by atoms with Crippen LogP contribution in [0, 0.1) is 23.7 Å². The largest absolute Gasteiger partial charge is 0.391 e. The Morgan fingerprint density at radius 2 is 1.86 bits per heavy atom.